The van der Waals surface area contributed by atoms with E-state index in [-0.39, 0.29) is 11.5 Å². The van der Waals surface area contributed by atoms with E-state index in [1.54, 1.807) is 6.07 Å². The average Bonchev–Trinajstić information content (AvgIpc) is 3.47. The van der Waals surface area contributed by atoms with Crippen molar-refractivity contribution < 1.29 is 9.21 Å². The van der Waals surface area contributed by atoms with Gasteiger partial charge in [0.1, 0.15) is 11.8 Å². The summed E-state index contributed by atoms with van der Waals surface area (Å²) in [4.78, 5) is 26.8. The van der Waals surface area contributed by atoms with Gasteiger partial charge in [0, 0.05) is 12.6 Å². The van der Waals surface area contributed by atoms with Crippen LogP contribution in [0.5, 0.6) is 0 Å². The van der Waals surface area contributed by atoms with Gasteiger partial charge in [-0.25, -0.2) is 4.79 Å². The van der Waals surface area contributed by atoms with Gasteiger partial charge in [0.25, 0.3) is 0 Å². The van der Waals surface area contributed by atoms with Crippen LogP contribution >= 0.6 is 0 Å². The van der Waals surface area contributed by atoms with E-state index in [0.29, 0.717) is 5.92 Å². The number of anilines is 1. The zero-order valence-corrected chi connectivity index (χ0v) is 19.2. The smallest absolute Gasteiger partial charge is 0.335 e. The summed E-state index contributed by atoms with van der Waals surface area (Å²) in [6.07, 6.45) is 16.9. The minimum Gasteiger partial charge on any atom is -0.429 e. The molecule has 0 bridgehead atoms. The molecule has 1 aliphatic heterocycles. The summed E-state index contributed by atoms with van der Waals surface area (Å²) in [6.45, 7) is 0.801. The van der Waals surface area contributed by atoms with Crippen molar-refractivity contribution in [3.05, 3.63) is 28.8 Å². The molecule has 5 fully saturated rings. The Morgan fingerprint density at radius 2 is 1.66 bits per heavy atom. The molecule has 5 heteroatoms. The minimum absolute atomic E-state index is 0.190. The van der Waals surface area contributed by atoms with E-state index in [0.717, 1.165) is 73.4 Å². The monoisotopic (exact) mass is 438 g/mol. The van der Waals surface area contributed by atoms with Crippen LogP contribution in [-0.2, 0) is 4.79 Å². The number of primary amides is 1. The molecule has 0 spiro atoms. The summed E-state index contributed by atoms with van der Waals surface area (Å²) in [5.41, 5.74) is 6.02. The number of amides is 1. The van der Waals surface area contributed by atoms with Crippen molar-refractivity contribution in [3.63, 3.8) is 0 Å². The fourth-order valence-corrected chi connectivity index (χ4v) is 9.50. The summed E-state index contributed by atoms with van der Waals surface area (Å²) >= 11 is 0. The molecular formula is C27H38N2O3. The van der Waals surface area contributed by atoms with Crippen LogP contribution in [0.4, 0.5) is 5.69 Å². The maximum Gasteiger partial charge on any atom is 0.335 e. The highest BCUT2D eigenvalue weighted by atomic mass is 16.4. The fourth-order valence-electron chi connectivity index (χ4n) is 9.50. The van der Waals surface area contributed by atoms with Crippen LogP contribution in [0.1, 0.15) is 77.0 Å². The molecule has 8 unspecified atom stereocenters. The first kappa shape index (κ1) is 20.8. The molecule has 1 saturated heterocycles. The van der Waals surface area contributed by atoms with Gasteiger partial charge in [-0.05, 0) is 112 Å². The highest BCUT2D eigenvalue weighted by Crippen LogP contribution is 2.59. The van der Waals surface area contributed by atoms with Gasteiger partial charge in [0.05, 0.1) is 5.69 Å². The minimum atomic E-state index is -0.634. The quantitative estimate of drug-likeness (QED) is 0.740. The number of nitrogens with two attached hydrogens (primary N) is 1. The van der Waals surface area contributed by atoms with Gasteiger partial charge < -0.3 is 15.1 Å². The first-order chi connectivity index (χ1) is 15.6. The Balaban J connectivity index is 1.24. The molecule has 4 saturated carbocycles. The molecule has 2 N–H and O–H groups in total. The predicted octanol–water partition coefficient (Wildman–Crippen LogP) is 4.73. The van der Waals surface area contributed by atoms with Crippen molar-refractivity contribution in [1.82, 2.24) is 0 Å². The van der Waals surface area contributed by atoms with E-state index in [9.17, 15) is 9.59 Å². The first-order valence-corrected chi connectivity index (χ1v) is 13.2. The summed E-state index contributed by atoms with van der Waals surface area (Å²) in [7, 11) is 0. The first-order valence-electron chi connectivity index (χ1n) is 13.2. The van der Waals surface area contributed by atoms with Gasteiger partial charge in [0.15, 0.2) is 0 Å². The van der Waals surface area contributed by atoms with Gasteiger partial charge in [0.2, 0.25) is 5.91 Å². The normalized spacial score (nSPS) is 43.4. The van der Waals surface area contributed by atoms with Crippen LogP contribution in [0.25, 0.3) is 0 Å². The van der Waals surface area contributed by atoms with Crippen molar-refractivity contribution >= 4 is 11.6 Å². The Hall–Kier alpha value is -1.78. The molecule has 32 heavy (non-hydrogen) atoms. The van der Waals surface area contributed by atoms with E-state index >= 15 is 0 Å². The van der Waals surface area contributed by atoms with Gasteiger partial charge in [-0.3, -0.25) is 4.79 Å². The average molecular weight is 439 g/mol. The molecule has 174 valence electrons. The zero-order valence-electron chi connectivity index (χ0n) is 19.2. The second-order valence-electron chi connectivity index (χ2n) is 11.6. The summed E-state index contributed by atoms with van der Waals surface area (Å²) in [6, 6.07) is 3.25. The van der Waals surface area contributed by atoms with E-state index in [2.05, 4.69) is 4.90 Å². The summed E-state index contributed by atoms with van der Waals surface area (Å²) < 4.78 is 5.16. The summed E-state index contributed by atoms with van der Waals surface area (Å²) in [5, 5.41) is 0. The molecule has 1 amide bonds. The van der Waals surface area contributed by atoms with E-state index in [4.69, 9.17) is 10.2 Å². The van der Waals surface area contributed by atoms with Gasteiger partial charge in [-0.2, -0.15) is 0 Å². The number of rotatable bonds is 3. The lowest BCUT2D eigenvalue weighted by Gasteiger charge is -2.55. The van der Waals surface area contributed by atoms with Crippen molar-refractivity contribution in [3.8, 4) is 0 Å². The molecule has 8 atom stereocenters. The van der Waals surface area contributed by atoms with Crippen molar-refractivity contribution in [2.75, 3.05) is 11.4 Å². The molecule has 1 aromatic heterocycles. The van der Waals surface area contributed by atoms with E-state index < -0.39 is 5.54 Å². The van der Waals surface area contributed by atoms with Crippen molar-refractivity contribution in [2.45, 2.75) is 82.6 Å². The Morgan fingerprint density at radius 3 is 2.41 bits per heavy atom. The van der Waals surface area contributed by atoms with Gasteiger partial charge >= 0.3 is 5.63 Å². The highest BCUT2D eigenvalue weighted by Gasteiger charge is 2.56. The third-order valence-corrected chi connectivity index (χ3v) is 10.7. The third-order valence-electron chi connectivity index (χ3n) is 10.7. The number of fused-ring (bicyclic) bond motifs is 5. The van der Waals surface area contributed by atoms with Crippen LogP contribution in [0.15, 0.2) is 27.6 Å². The van der Waals surface area contributed by atoms with Crippen LogP contribution in [0.2, 0.25) is 0 Å². The Bertz CT molecular complexity index is 907. The Morgan fingerprint density at radius 1 is 0.906 bits per heavy atom. The molecule has 6 rings (SSSR count). The second kappa shape index (κ2) is 7.92. The third kappa shape index (κ3) is 3.09. The lowest BCUT2D eigenvalue weighted by atomic mass is 9.52. The van der Waals surface area contributed by atoms with E-state index in [1.807, 2.05) is 0 Å². The topological polar surface area (TPSA) is 76.5 Å². The van der Waals surface area contributed by atoms with Crippen molar-refractivity contribution in [1.29, 1.82) is 0 Å². The van der Waals surface area contributed by atoms with Crippen LogP contribution in [-0.4, -0.2) is 18.0 Å². The molecule has 5 nitrogen and oxygen atoms in total. The zero-order chi connectivity index (χ0) is 21.9. The number of hydrogen-bond donors (Lipinski definition) is 1. The molecule has 0 aromatic carbocycles. The molecule has 4 aliphatic carbocycles. The van der Waals surface area contributed by atoms with Crippen LogP contribution in [0.3, 0.4) is 0 Å². The number of carbonyl (C=O) groups excluding carboxylic acids is 1. The molecule has 1 aromatic rings. The molecular weight excluding hydrogens is 400 g/mol. The maximum absolute atomic E-state index is 13.1. The van der Waals surface area contributed by atoms with Gasteiger partial charge in [-0.1, -0.05) is 12.8 Å². The highest BCUT2D eigenvalue weighted by molar-refractivity contribution is 5.89. The van der Waals surface area contributed by atoms with Gasteiger partial charge in [-0.15, -0.1) is 0 Å². The fraction of sp³-hybridized carbons (Fsp3) is 0.778. The number of carbonyl (C=O) groups is 1. The molecule has 5 aliphatic rings. The summed E-state index contributed by atoms with van der Waals surface area (Å²) in [5.74, 6) is 5.68. The SMILES string of the molecule is NC(=O)C1(C2CCC3C(CCC4C5CCCC5CCC34)C2)CCCN1c1ccc(=O)oc1. The lowest BCUT2D eigenvalue weighted by Crippen LogP contribution is -2.61. The lowest BCUT2D eigenvalue weighted by molar-refractivity contribution is -0.126. The Kier molecular flexibility index (Phi) is 5.15. The molecule has 2 heterocycles. The number of hydrogen-bond acceptors (Lipinski definition) is 4. The predicted molar refractivity (Wildman–Crippen MR) is 124 cm³/mol. The van der Waals surface area contributed by atoms with Crippen LogP contribution in [0, 0.1) is 41.4 Å². The van der Waals surface area contributed by atoms with Crippen molar-refractivity contribution in [2.24, 2.45) is 47.2 Å². The number of nitrogens with zero attached hydrogens (tertiary/aromatic N) is 1. The maximum atomic E-state index is 13.1. The van der Waals surface area contributed by atoms with Crippen LogP contribution < -0.4 is 16.3 Å². The largest absolute Gasteiger partial charge is 0.429 e. The second-order valence-corrected chi connectivity index (χ2v) is 11.6. The van der Waals surface area contributed by atoms with E-state index in [1.165, 1.54) is 63.7 Å². The molecule has 0 radical (unpaired) electrons. The standard InChI is InChI=1S/C27H38N2O3/c28-26(31)27(13-2-14-29(27)20-8-12-25(30)32-16-20)19-7-11-22-18(15-19)6-10-23-21-4-1-3-17(21)5-9-24(22)23/h8,12,16-19,21-24H,1-7,9-11,13-15H2,(H2,28,31). The Labute approximate surface area is 191 Å².